The smallest absolute Gasteiger partial charge is 0.306 e. The molecule has 0 aromatic heterocycles. The SMILES string of the molecule is Cc1ccc(NC(=O)N2N=C3c4ccccc4CC[C@H]3[C@@H]2c2ccccc2Cl)cc1. The number of hydrogen-bond donors (Lipinski definition) is 1. The van der Waals surface area contributed by atoms with E-state index in [0.29, 0.717) is 5.02 Å². The molecule has 0 fully saturated rings. The summed E-state index contributed by atoms with van der Waals surface area (Å²) in [7, 11) is 0. The van der Waals surface area contributed by atoms with Crippen LogP contribution in [0.4, 0.5) is 10.5 Å². The van der Waals surface area contributed by atoms with Gasteiger partial charge in [0.1, 0.15) is 0 Å². The Morgan fingerprint density at radius 3 is 2.57 bits per heavy atom. The predicted molar refractivity (Wildman–Crippen MR) is 121 cm³/mol. The number of carbonyl (C=O) groups excluding carboxylic acids is 1. The summed E-state index contributed by atoms with van der Waals surface area (Å²) in [6, 6.07) is 23.4. The summed E-state index contributed by atoms with van der Waals surface area (Å²) < 4.78 is 0. The molecule has 0 saturated carbocycles. The number of nitrogens with zero attached hydrogens (tertiary/aromatic N) is 2. The third kappa shape index (κ3) is 3.27. The molecule has 0 unspecified atom stereocenters. The molecule has 1 aliphatic heterocycles. The number of nitrogens with one attached hydrogen (secondary N) is 1. The van der Waals surface area contributed by atoms with Gasteiger partial charge >= 0.3 is 6.03 Å². The standard InChI is InChI=1S/C25H22ClN3O/c1-16-10-13-18(14-11-16)27-25(30)29-24(20-8-4-5-9-22(20)26)21-15-12-17-6-2-3-7-19(17)23(21)28-29/h2-11,13-14,21,24H,12,15H2,1H3,(H,27,30)/t21-,24+/m1/s1. The molecule has 2 atom stereocenters. The average molecular weight is 416 g/mol. The molecule has 0 saturated heterocycles. The van der Waals surface area contributed by atoms with E-state index in [0.717, 1.165) is 40.9 Å². The van der Waals surface area contributed by atoms with Crippen LogP contribution in [0, 0.1) is 12.8 Å². The second-order valence-electron chi connectivity index (χ2n) is 7.89. The van der Waals surface area contributed by atoms with Crippen molar-refractivity contribution in [1.29, 1.82) is 0 Å². The molecule has 30 heavy (non-hydrogen) atoms. The third-order valence-electron chi connectivity index (χ3n) is 5.96. The zero-order chi connectivity index (χ0) is 20.7. The minimum absolute atomic E-state index is 0.114. The molecule has 0 spiro atoms. The van der Waals surface area contributed by atoms with Crippen LogP contribution in [0.15, 0.2) is 77.9 Å². The topological polar surface area (TPSA) is 44.7 Å². The highest BCUT2D eigenvalue weighted by molar-refractivity contribution is 6.31. The number of hydrogen-bond acceptors (Lipinski definition) is 2. The van der Waals surface area contributed by atoms with E-state index in [-0.39, 0.29) is 18.0 Å². The molecular formula is C25H22ClN3O. The largest absolute Gasteiger partial charge is 0.342 e. The Kier molecular flexibility index (Phi) is 4.80. The summed E-state index contributed by atoms with van der Waals surface area (Å²) in [4.78, 5) is 13.3. The summed E-state index contributed by atoms with van der Waals surface area (Å²) in [6.07, 6.45) is 1.90. The molecule has 1 heterocycles. The van der Waals surface area contributed by atoms with Gasteiger partial charge in [-0.25, -0.2) is 9.80 Å². The van der Waals surface area contributed by atoms with Gasteiger partial charge in [0.25, 0.3) is 0 Å². The fourth-order valence-corrected chi connectivity index (χ4v) is 4.72. The van der Waals surface area contributed by atoms with E-state index in [4.69, 9.17) is 16.7 Å². The number of benzene rings is 3. The fraction of sp³-hybridized carbons (Fsp3) is 0.200. The van der Waals surface area contributed by atoms with Crippen molar-refractivity contribution in [3.8, 4) is 0 Å². The molecule has 3 aromatic rings. The highest BCUT2D eigenvalue weighted by Gasteiger charge is 2.44. The molecule has 2 amide bonds. The molecule has 2 aliphatic rings. The Labute approximate surface area is 181 Å². The highest BCUT2D eigenvalue weighted by Crippen LogP contribution is 2.45. The summed E-state index contributed by atoms with van der Waals surface area (Å²) in [6.45, 7) is 2.02. The highest BCUT2D eigenvalue weighted by atomic mass is 35.5. The van der Waals surface area contributed by atoms with Gasteiger partial charge in [-0.15, -0.1) is 0 Å². The lowest BCUT2D eigenvalue weighted by molar-refractivity contribution is 0.188. The Hall–Kier alpha value is -3.11. The summed E-state index contributed by atoms with van der Waals surface area (Å²) in [5.41, 5.74) is 6.22. The number of urea groups is 1. The van der Waals surface area contributed by atoms with Crippen LogP contribution < -0.4 is 5.32 Å². The van der Waals surface area contributed by atoms with Crippen molar-refractivity contribution in [3.63, 3.8) is 0 Å². The molecule has 150 valence electrons. The van der Waals surface area contributed by atoms with Crippen LogP contribution in [-0.4, -0.2) is 16.8 Å². The number of fused-ring (bicyclic) bond motifs is 3. The normalized spacial score (nSPS) is 19.7. The molecule has 4 nitrogen and oxygen atoms in total. The molecule has 1 aliphatic carbocycles. The monoisotopic (exact) mass is 415 g/mol. The van der Waals surface area contributed by atoms with E-state index >= 15 is 0 Å². The number of amides is 2. The number of hydrazone groups is 1. The summed E-state index contributed by atoms with van der Waals surface area (Å²) in [5, 5.41) is 10.1. The number of carbonyl (C=O) groups is 1. The number of anilines is 1. The number of rotatable bonds is 2. The first-order valence-electron chi connectivity index (χ1n) is 10.2. The first kappa shape index (κ1) is 18.9. The van der Waals surface area contributed by atoms with Gasteiger partial charge < -0.3 is 5.32 Å². The van der Waals surface area contributed by atoms with E-state index in [9.17, 15) is 4.79 Å². The van der Waals surface area contributed by atoms with Crippen molar-refractivity contribution < 1.29 is 4.79 Å². The minimum atomic E-state index is -0.247. The van der Waals surface area contributed by atoms with E-state index in [1.807, 2.05) is 61.5 Å². The Bertz CT molecular complexity index is 1140. The van der Waals surface area contributed by atoms with Crippen LogP contribution in [0.2, 0.25) is 5.02 Å². The Morgan fingerprint density at radius 2 is 1.77 bits per heavy atom. The van der Waals surface area contributed by atoms with Crippen LogP contribution >= 0.6 is 11.6 Å². The van der Waals surface area contributed by atoms with Gasteiger partial charge in [-0.2, -0.15) is 5.10 Å². The van der Waals surface area contributed by atoms with Crippen molar-refractivity contribution in [2.45, 2.75) is 25.8 Å². The van der Waals surface area contributed by atoms with Crippen molar-refractivity contribution in [3.05, 3.63) is 100 Å². The number of aryl methyl sites for hydroxylation is 2. The third-order valence-corrected chi connectivity index (χ3v) is 6.31. The van der Waals surface area contributed by atoms with E-state index in [1.165, 1.54) is 5.56 Å². The maximum atomic E-state index is 13.3. The zero-order valence-corrected chi connectivity index (χ0v) is 17.4. The maximum Gasteiger partial charge on any atom is 0.342 e. The van der Waals surface area contributed by atoms with Crippen LogP contribution in [0.3, 0.4) is 0 Å². The Morgan fingerprint density at radius 1 is 1.03 bits per heavy atom. The van der Waals surface area contributed by atoms with Crippen LogP contribution in [-0.2, 0) is 6.42 Å². The van der Waals surface area contributed by atoms with Crippen molar-refractivity contribution >= 4 is 29.0 Å². The van der Waals surface area contributed by atoms with Crippen LogP contribution in [0.1, 0.15) is 34.7 Å². The molecule has 5 heteroatoms. The van der Waals surface area contributed by atoms with Gasteiger partial charge in [-0.1, -0.05) is 71.8 Å². The molecular weight excluding hydrogens is 394 g/mol. The van der Waals surface area contributed by atoms with Gasteiger partial charge in [0, 0.05) is 22.2 Å². The van der Waals surface area contributed by atoms with Crippen molar-refractivity contribution in [1.82, 2.24) is 5.01 Å². The van der Waals surface area contributed by atoms with E-state index in [2.05, 4.69) is 23.5 Å². The average Bonchev–Trinajstić information content (AvgIpc) is 3.16. The first-order chi connectivity index (χ1) is 14.6. The lowest BCUT2D eigenvalue weighted by Gasteiger charge is -2.30. The van der Waals surface area contributed by atoms with Crippen LogP contribution in [0.25, 0.3) is 0 Å². The van der Waals surface area contributed by atoms with Gasteiger partial charge in [-0.05, 0) is 49.1 Å². The maximum absolute atomic E-state index is 13.3. The van der Waals surface area contributed by atoms with Crippen LogP contribution in [0.5, 0.6) is 0 Å². The lowest BCUT2D eigenvalue weighted by atomic mass is 9.77. The van der Waals surface area contributed by atoms with Gasteiger partial charge in [-0.3, -0.25) is 0 Å². The van der Waals surface area contributed by atoms with Gasteiger partial charge in [0.2, 0.25) is 0 Å². The lowest BCUT2D eigenvalue weighted by Crippen LogP contribution is -2.35. The minimum Gasteiger partial charge on any atom is -0.306 e. The predicted octanol–water partition coefficient (Wildman–Crippen LogP) is 6.20. The number of halogens is 1. The summed E-state index contributed by atoms with van der Waals surface area (Å²) >= 11 is 6.57. The quantitative estimate of drug-likeness (QED) is 0.531. The first-order valence-corrected chi connectivity index (χ1v) is 10.6. The molecule has 3 aromatic carbocycles. The second-order valence-corrected chi connectivity index (χ2v) is 8.30. The van der Waals surface area contributed by atoms with Gasteiger partial charge in [0.05, 0.1) is 11.8 Å². The second kappa shape index (κ2) is 7.62. The van der Waals surface area contributed by atoms with Gasteiger partial charge in [0.15, 0.2) is 0 Å². The molecule has 0 bridgehead atoms. The molecule has 0 radical (unpaired) electrons. The van der Waals surface area contributed by atoms with Crippen molar-refractivity contribution in [2.75, 3.05) is 5.32 Å². The summed E-state index contributed by atoms with van der Waals surface area (Å²) in [5.74, 6) is 0.114. The molecule has 1 N–H and O–H groups in total. The van der Waals surface area contributed by atoms with E-state index < -0.39 is 0 Å². The fourth-order valence-electron chi connectivity index (χ4n) is 4.47. The zero-order valence-electron chi connectivity index (χ0n) is 16.7. The Balaban J connectivity index is 1.55. The van der Waals surface area contributed by atoms with Crippen molar-refractivity contribution in [2.24, 2.45) is 11.0 Å². The molecule has 5 rings (SSSR count). The van der Waals surface area contributed by atoms with E-state index in [1.54, 1.807) is 5.01 Å².